The van der Waals surface area contributed by atoms with Crippen LogP contribution < -0.4 is 0 Å². The Morgan fingerprint density at radius 1 is 1.38 bits per heavy atom. The highest BCUT2D eigenvalue weighted by atomic mass is 16.5. The van der Waals surface area contributed by atoms with Crippen molar-refractivity contribution in [3.05, 3.63) is 30.1 Å². The number of pyridine rings is 1. The largest absolute Gasteiger partial charge is 0.393 e. The van der Waals surface area contributed by atoms with Crippen molar-refractivity contribution in [2.24, 2.45) is 0 Å². The molecule has 2 rings (SSSR count). The van der Waals surface area contributed by atoms with Crippen LogP contribution in [-0.2, 0) is 11.3 Å². The van der Waals surface area contributed by atoms with Crippen LogP contribution in [0.15, 0.2) is 24.5 Å². The third-order valence-corrected chi connectivity index (χ3v) is 2.39. The van der Waals surface area contributed by atoms with E-state index >= 15 is 0 Å². The summed E-state index contributed by atoms with van der Waals surface area (Å²) in [5.74, 6) is 0. The minimum atomic E-state index is -0.219. The summed E-state index contributed by atoms with van der Waals surface area (Å²) in [5, 5.41) is 9.00. The highest BCUT2D eigenvalue weighted by molar-refractivity contribution is 5.09. The molecule has 0 saturated heterocycles. The van der Waals surface area contributed by atoms with Gasteiger partial charge in [-0.05, 0) is 30.5 Å². The minimum absolute atomic E-state index is 0.137. The molecule has 0 radical (unpaired) electrons. The number of hydrogen-bond acceptors (Lipinski definition) is 3. The first-order valence-corrected chi connectivity index (χ1v) is 4.48. The van der Waals surface area contributed by atoms with Gasteiger partial charge in [0.25, 0.3) is 0 Å². The van der Waals surface area contributed by atoms with E-state index in [-0.39, 0.29) is 12.2 Å². The summed E-state index contributed by atoms with van der Waals surface area (Å²) in [6.07, 6.45) is 5.46. The van der Waals surface area contributed by atoms with Gasteiger partial charge in [-0.25, -0.2) is 0 Å². The van der Waals surface area contributed by atoms with E-state index in [0.717, 1.165) is 18.4 Å². The summed E-state index contributed by atoms with van der Waals surface area (Å²) in [4.78, 5) is 3.92. The molecule has 0 atom stereocenters. The summed E-state index contributed by atoms with van der Waals surface area (Å²) in [7, 11) is 0. The molecule has 0 unspecified atom stereocenters. The molecule has 0 aliphatic heterocycles. The number of aliphatic hydroxyl groups excluding tert-OH is 1. The summed E-state index contributed by atoms with van der Waals surface area (Å²) >= 11 is 0. The smallest absolute Gasteiger partial charge is 0.0918 e. The second-order valence-electron chi connectivity index (χ2n) is 3.49. The molecule has 70 valence electrons. The maximum Gasteiger partial charge on any atom is 0.0918 e. The van der Waals surface area contributed by atoms with Crippen molar-refractivity contribution >= 4 is 0 Å². The van der Waals surface area contributed by atoms with Crippen LogP contribution in [0.1, 0.15) is 18.4 Å². The predicted molar refractivity (Wildman–Crippen MR) is 48.1 cm³/mol. The fourth-order valence-corrected chi connectivity index (χ4v) is 1.20. The number of ether oxygens (including phenoxy) is 1. The van der Waals surface area contributed by atoms with Gasteiger partial charge in [0.2, 0.25) is 0 Å². The topological polar surface area (TPSA) is 42.4 Å². The lowest BCUT2D eigenvalue weighted by atomic mass is 10.3. The lowest BCUT2D eigenvalue weighted by molar-refractivity contribution is -0.0174. The van der Waals surface area contributed by atoms with Gasteiger partial charge in [0, 0.05) is 12.4 Å². The number of nitrogens with zero attached hydrogens (tertiary/aromatic N) is 1. The highest BCUT2D eigenvalue weighted by Crippen LogP contribution is 2.39. The lowest BCUT2D eigenvalue weighted by Crippen LogP contribution is -2.18. The van der Waals surface area contributed by atoms with Crippen LogP contribution >= 0.6 is 0 Å². The average molecular weight is 179 g/mol. The second-order valence-corrected chi connectivity index (χ2v) is 3.49. The number of aromatic nitrogens is 1. The van der Waals surface area contributed by atoms with Crippen molar-refractivity contribution in [1.82, 2.24) is 4.98 Å². The third kappa shape index (κ3) is 2.05. The number of rotatable bonds is 4. The van der Waals surface area contributed by atoms with Crippen LogP contribution in [0, 0.1) is 0 Å². The Morgan fingerprint density at radius 2 is 2.08 bits per heavy atom. The molecule has 3 heteroatoms. The molecule has 1 saturated carbocycles. The van der Waals surface area contributed by atoms with Gasteiger partial charge in [-0.15, -0.1) is 0 Å². The van der Waals surface area contributed by atoms with Gasteiger partial charge in [-0.1, -0.05) is 0 Å². The standard InChI is InChI=1S/C10H13NO2/c12-8-10(3-4-10)13-7-9-1-5-11-6-2-9/h1-2,5-6,12H,3-4,7-8H2. The Kier molecular flexibility index (Phi) is 2.29. The van der Waals surface area contributed by atoms with Gasteiger partial charge in [0.15, 0.2) is 0 Å². The van der Waals surface area contributed by atoms with Crippen molar-refractivity contribution in [2.75, 3.05) is 6.61 Å². The molecule has 0 bridgehead atoms. The molecule has 3 nitrogen and oxygen atoms in total. The van der Waals surface area contributed by atoms with E-state index in [1.54, 1.807) is 12.4 Å². The molecule has 0 aromatic carbocycles. The molecule has 0 amide bonds. The first kappa shape index (κ1) is 8.66. The molecular formula is C10H13NO2. The number of aliphatic hydroxyl groups is 1. The molecule has 1 N–H and O–H groups in total. The Morgan fingerprint density at radius 3 is 2.62 bits per heavy atom. The highest BCUT2D eigenvalue weighted by Gasteiger charge is 2.43. The predicted octanol–water partition coefficient (Wildman–Crippen LogP) is 1.12. The fraction of sp³-hybridized carbons (Fsp3) is 0.500. The van der Waals surface area contributed by atoms with E-state index in [9.17, 15) is 0 Å². The Labute approximate surface area is 77.4 Å². The van der Waals surface area contributed by atoms with Crippen molar-refractivity contribution in [3.63, 3.8) is 0 Å². The van der Waals surface area contributed by atoms with Crippen LogP contribution in [0.5, 0.6) is 0 Å². The molecule has 1 fully saturated rings. The van der Waals surface area contributed by atoms with Crippen molar-refractivity contribution < 1.29 is 9.84 Å². The lowest BCUT2D eigenvalue weighted by Gasteiger charge is -2.12. The van der Waals surface area contributed by atoms with Crippen LogP contribution in [0.3, 0.4) is 0 Å². The van der Waals surface area contributed by atoms with Crippen LogP contribution in [0.4, 0.5) is 0 Å². The summed E-state index contributed by atoms with van der Waals surface area (Å²) < 4.78 is 5.60. The molecule has 1 aliphatic rings. The second kappa shape index (κ2) is 3.44. The Hall–Kier alpha value is -0.930. The molecule has 13 heavy (non-hydrogen) atoms. The van der Waals surface area contributed by atoms with Crippen molar-refractivity contribution in [2.45, 2.75) is 25.0 Å². The quantitative estimate of drug-likeness (QED) is 0.753. The average Bonchev–Trinajstić information content (AvgIpc) is 2.97. The number of hydrogen-bond donors (Lipinski definition) is 1. The van der Waals surface area contributed by atoms with Gasteiger partial charge in [-0.3, -0.25) is 4.98 Å². The zero-order valence-electron chi connectivity index (χ0n) is 7.44. The van der Waals surface area contributed by atoms with Gasteiger partial charge < -0.3 is 9.84 Å². The van der Waals surface area contributed by atoms with Gasteiger partial charge >= 0.3 is 0 Å². The van der Waals surface area contributed by atoms with E-state index < -0.39 is 0 Å². The van der Waals surface area contributed by atoms with Crippen molar-refractivity contribution in [1.29, 1.82) is 0 Å². The van der Waals surface area contributed by atoms with E-state index in [1.807, 2.05) is 12.1 Å². The molecule has 1 heterocycles. The maximum atomic E-state index is 9.00. The maximum absolute atomic E-state index is 9.00. The van der Waals surface area contributed by atoms with Gasteiger partial charge in [0.05, 0.1) is 18.8 Å². The van der Waals surface area contributed by atoms with Crippen molar-refractivity contribution in [3.8, 4) is 0 Å². The monoisotopic (exact) mass is 179 g/mol. The zero-order valence-corrected chi connectivity index (χ0v) is 7.44. The summed E-state index contributed by atoms with van der Waals surface area (Å²) in [6.45, 7) is 0.709. The minimum Gasteiger partial charge on any atom is -0.393 e. The van der Waals surface area contributed by atoms with E-state index in [4.69, 9.17) is 9.84 Å². The molecule has 1 aliphatic carbocycles. The van der Waals surface area contributed by atoms with Gasteiger partial charge in [0.1, 0.15) is 0 Å². The Balaban J connectivity index is 1.86. The molecule has 1 aromatic heterocycles. The third-order valence-electron chi connectivity index (χ3n) is 2.39. The Bertz CT molecular complexity index is 270. The van der Waals surface area contributed by atoms with E-state index in [1.165, 1.54) is 0 Å². The summed E-state index contributed by atoms with van der Waals surface area (Å²) in [6, 6.07) is 3.85. The van der Waals surface area contributed by atoms with Gasteiger partial charge in [-0.2, -0.15) is 0 Å². The van der Waals surface area contributed by atoms with E-state index in [2.05, 4.69) is 4.98 Å². The fourth-order valence-electron chi connectivity index (χ4n) is 1.20. The SMILES string of the molecule is OCC1(OCc2ccncc2)CC1. The summed E-state index contributed by atoms with van der Waals surface area (Å²) in [5.41, 5.74) is 0.887. The normalized spacial score (nSPS) is 18.5. The molecular weight excluding hydrogens is 166 g/mol. The molecule has 0 spiro atoms. The first-order chi connectivity index (χ1) is 6.35. The zero-order chi connectivity index (χ0) is 9.15. The van der Waals surface area contributed by atoms with Crippen LogP contribution in [0.2, 0.25) is 0 Å². The first-order valence-electron chi connectivity index (χ1n) is 4.48. The molecule has 1 aromatic rings. The van der Waals surface area contributed by atoms with Crippen LogP contribution in [0.25, 0.3) is 0 Å². The van der Waals surface area contributed by atoms with Crippen LogP contribution in [-0.4, -0.2) is 22.3 Å². The van der Waals surface area contributed by atoms with E-state index in [0.29, 0.717) is 6.61 Å².